The van der Waals surface area contributed by atoms with Gasteiger partial charge in [0.05, 0.1) is 5.60 Å². The fraction of sp³-hybridized carbons (Fsp3) is 0.455. The molecule has 78 valence electrons. The van der Waals surface area contributed by atoms with Crippen LogP contribution in [-0.2, 0) is 10.0 Å². The Morgan fingerprint density at radius 1 is 1.36 bits per heavy atom. The van der Waals surface area contributed by atoms with Crippen molar-refractivity contribution in [1.29, 1.82) is 0 Å². The Morgan fingerprint density at radius 3 is 2.43 bits per heavy atom. The van der Waals surface area contributed by atoms with E-state index in [1.54, 1.807) is 12.1 Å². The number of benzene rings is 1. The second-order valence-electron chi connectivity index (χ2n) is 3.42. The summed E-state index contributed by atoms with van der Waals surface area (Å²) in [5, 5.41) is 0. The van der Waals surface area contributed by atoms with Crippen LogP contribution >= 0.6 is 0 Å². The van der Waals surface area contributed by atoms with E-state index in [0.29, 0.717) is 10.5 Å². The molecular formula is C11H17FOSi. The van der Waals surface area contributed by atoms with Crippen molar-refractivity contribution in [3.8, 4) is 0 Å². The molecule has 1 aromatic rings. The maximum Gasteiger partial charge on any atom is 0.147 e. The molecule has 0 aliphatic heterocycles. The lowest BCUT2D eigenvalue weighted by Crippen LogP contribution is -2.27. The normalized spacial score (nSPS) is 11.9. The van der Waals surface area contributed by atoms with Crippen molar-refractivity contribution in [2.24, 2.45) is 0 Å². The summed E-state index contributed by atoms with van der Waals surface area (Å²) in [6, 6.07) is 6.72. The van der Waals surface area contributed by atoms with Crippen LogP contribution in [-0.4, -0.2) is 10.5 Å². The smallest absolute Gasteiger partial charge is 0.147 e. The Bertz CT molecular complexity index is 289. The topological polar surface area (TPSA) is 9.23 Å². The molecule has 14 heavy (non-hydrogen) atoms. The van der Waals surface area contributed by atoms with E-state index >= 15 is 0 Å². The average molecular weight is 212 g/mol. The van der Waals surface area contributed by atoms with Crippen LogP contribution in [0.4, 0.5) is 4.39 Å². The molecule has 0 radical (unpaired) electrons. The van der Waals surface area contributed by atoms with Crippen LogP contribution < -0.4 is 0 Å². The molecule has 0 N–H and O–H groups in total. The first-order chi connectivity index (χ1) is 6.68. The van der Waals surface area contributed by atoms with Crippen molar-refractivity contribution in [3.63, 3.8) is 0 Å². The molecule has 0 amide bonds. The molecule has 0 fully saturated rings. The monoisotopic (exact) mass is 212 g/mol. The summed E-state index contributed by atoms with van der Waals surface area (Å²) < 4.78 is 18.7. The first-order valence-corrected chi connectivity index (χ1v) is 5.81. The van der Waals surface area contributed by atoms with Gasteiger partial charge in [0.2, 0.25) is 0 Å². The minimum Gasteiger partial charge on any atom is -0.418 e. The number of rotatable bonds is 4. The molecule has 1 nitrogen and oxygen atoms in total. The van der Waals surface area contributed by atoms with Crippen molar-refractivity contribution in [3.05, 3.63) is 35.6 Å². The van der Waals surface area contributed by atoms with Crippen molar-refractivity contribution < 1.29 is 8.82 Å². The largest absolute Gasteiger partial charge is 0.418 e. The Labute approximate surface area is 87.8 Å². The summed E-state index contributed by atoms with van der Waals surface area (Å²) in [6.07, 6.45) is 1.77. The predicted octanol–water partition coefficient (Wildman–Crippen LogP) is 2.14. The first kappa shape index (κ1) is 11.4. The Kier molecular flexibility index (Phi) is 3.83. The molecule has 0 aliphatic rings. The van der Waals surface area contributed by atoms with Crippen molar-refractivity contribution >= 4 is 10.5 Å². The van der Waals surface area contributed by atoms with Crippen LogP contribution in [0.25, 0.3) is 0 Å². The second-order valence-corrected chi connectivity index (χ2v) is 3.82. The Morgan fingerprint density at radius 2 is 2.00 bits per heavy atom. The van der Waals surface area contributed by atoms with E-state index in [2.05, 4.69) is 13.8 Å². The highest BCUT2D eigenvalue weighted by molar-refractivity contribution is 5.98. The molecule has 0 bridgehead atoms. The Balaban J connectivity index is 3.10. The third-order valence-corrected chi connectivity index (χ3v) is 3.67. The fourth-order valence-corrected chi connectivity index (χ4v) is 2.65. The summed E-state index contributed by atoms with van der Waals surface area (Å²) >= 11 is 0. The lowest BCUT2D eigenvalue weighted by Gasteiger charge is -2.31. The lowest BCUT2D eigenvalue weighted by atomic mass is 9.89. The highest BCUT2D eigenvalue weighted by Crippen LogP contribution is 2.32. The van der Waals surface area contributed by atoms with Crippen LogP contribution in [0.5, 0.6) is 0 Å². The summed E-state index contributed by atoms with van der Waals surface area (Å²) in [7, 11) is 0.676. The Hall–Kier alpha value is -0.673. The summed E-state index contributed by atoms with van der Waals surface area (Å²) in [5.41, 5.74) is 0.686. The van der Waals surface area contributed by atoms with Gasteiger partial charge in [0, 0.05) is 0 Å². The third-order valence-electron chi connectivity index (χ3n) is 2.88. The van der Waals surface area contributed by atoms with Crippen LogP contribution in [0, 0.1) is 5.82 Å². The van der Waals surface area contributed by atoms with Gasteiger partial charge in [-0.3, -0.25) is 0 Å². The molecule has 1 rings (SSSR count). The highest BCUT2D eigenvalue weighted by Gasteiger charge is 2.27. The number of halogens is 1. The van der Waals surface area contributed by atoms with Gasteiger partial charge in [0.1, 0.15) is 16.3 Å². The van der Waals surface area contributed by atoms with Gasteiger partial charge in [-0.2, -0.15) is 0 Å². The predicted molar refractivity (Wildman–Crippen MR) is 59.7 cm³/mol. The van der Waals surface area contributed by atoms with Gasteiger partial charge in [-0.1, -0.05) is 26.0 Å². The average Bonchev–Trinajstić information content (AvgIpc) is 2.22. The third kappa shape index (κ3) is 2.04. The van der Waals surface area contributed by atoms with E-state index in [0.717, 1.165) is 18.4 Å². The zero-order valence-corrected chi connectivity index (χ0v) is 11.0. The SMILES string of the molecule is CCC(CC)(O[SiH3])c1cccc(F)c1. The molecule has 0 aromatic heterocycles. The summed E-state index contributed by atoms with van der Waals surface area (Å²) in [6.45, 7) is 4.15. The molecule has 0 heterocycles. The van der Waals surface area contributed by atoms with E-state index < -0.39 is 0 Å². The number of hydrogen-bond donors (Lipinski definition) is 0. The van der Waals surface area contributed by atoms with E-state index in [1.807, 2.05) is 6.07 Å². The molecule has 0 saturated carbocycles. The minimum absolute atomic E-state index is 0.188. The van der Waals surface area contributed by atoms with E-state index in [4.69, 9.17) is 4.43 Å². The maximum absolute atomic E-state index is 13.1. The van der Waals surface area contributed by atoms with Gasteiger partial charge in [0.25, 0.3) is 0 Å². The number of hydrogen-bond acceptors (Lipinski definition) is 1. The van der Waals surface area contributed by atoms with Crippen LogP contribution in [0.2, 0.25) is 0 Å². The summed E-state index contributed by atoms with van der Waals surface area (Å²) in [4.78, 5) is 0. The van der Waals surface area contributed by atoms with Crippen LogP contribution in [0.15, 0.2) is 24.3 Å². The van der Waals surface area contributed by atoms with Gasteiger partial charge in [-0.15, -0.1) is 0 Å². The van der Waals surface area contributed by atoms with E-state index in [9.17, 15) is 4.39 Å². The van der Waals surface area contributed by atoms with E-state index in [-0.39, 0.29) is 11.4 Å². The van der Waals surface area contributed by atoms with Crippen LogP contribution in [0.3, 0.4) is 0 Å². The molecule has 0 spiro atoms. The maximum atomic E-state index is 13.1. The molecular weight excluding hydrogens is 195 g/mol. The standard InChI is InChI=1S/C11H17FOSi/c1-3-11(4-2,13-14)9-6-5-7-10(12)8-9/h5-8H,3-4H2,1-2,14H3. The van der Waals surface area contributed by atoms with Crippen molar-refractivity contribution in [2.45, 2.75) is 32.3 Å². The summed E-state index contributed by atoms with van der Waals surface area (Å²) in [5.74, 6) is -0.188. The lowest BCUT2D eigenvalue weighted by molar-refractivity contribution is 0.0682. The minimum atomic E-state index is -0.270. The molecule has 0 aliphatic carbocycles. The molecule has 0 unspecified atom stereocenters. The van der Waals surface area contributed by atoms with Gasteiger partial charge >= 0.3 is 0 Å². The molecule has 1 aromatic carbocycles. The quantitative estimate of drug-likeness (QED) is 0.695. The second kappa shape index (κ2) is 4.71. The van der Waals surface area contributed by atoms with Gasteiger partial charge in [0.15, 0.2) is 0 Å². The van der Waals surface area contributed by atoms with E-state index in [1.165, 1.54) is 6.07 Å². The molecule has 0 atom stereocenters. The zero-order chi connectivity index (χ0) is 10.6. The van der Waals surface area contributed by atoms with Gasteiger partial charge < -0.3 is 4.43 Å². The molecule has 0 saturated heterocycles. The fourth-order valence-electron chi connectivity index (χ4n) is 1.84. The zero-order valence-electron chi connectivity index (χ0n) is 9.01. The first-order valence-electron chi connectivity index (χ1n) is 4.99. The van der Waals surface area contributed by atoms with Gasteiger partial charge in [-0.05, 0) is 30.5 Å². The van der Waals surface area contributed by atoms with Crippen molar-refractivity contribution in [2.75, 3.05) is 0 Å². The molecule has 3 heteroatoms. The van der Waals surface area contributed by atoms with Crippen LogP contribution in [0.1, 0.15) is 32.3 Å². The highest BCUT2D eigenvalue weighted by atomic mass is 28.2. The van der Waals surface area contributed by atoms with Gasteiger partial charge in [-0.25, -0.2) is 4.39 Å². The van der Waals surface area contributed by atoms with Crippen molar-refractivity contribution in [1.82, 2.24) is 0 Å².